The molecule has 0 bridgehead atoms. The maximum absolute atomic E-state index is 12.3. The maximum atomic E-state index is 12.3. The van der Waals surface area contributed by atoms with Gasteiger partial charge in [-0.25, -0.2) is 0 Å². The van der Waals surface area contributed by atoms with Gasteiger partial charge in [0.05, 0.1) is 13.2 Å². The summed E-state index contributed by atoms with van der Waals surface area (Å²) in [4.78, 5) is 0. The van der Waals surface area contributed by atoms with Crippen molar-refractivity contribution in [2.45, 2.75) is 26.0 Å². The van der Waals surface area contributed by atoms with Crippen LogP contribution >= 0.6 is 0 Å². The van der Waals surface area contributed by atoms with Crippen molar-refractivity contribution in [3.05, 3.63) is 23.8 Å². The van der Waals surface area contributed by atoms with Gasteiger partial charge in [-0.1, -0.05) is 13.0 Å². The number of methoxy groups -OCH3 is 1. The minimum atomic E-state index is -2.94. The zero-order valence-corrected chi connectivity index (χ0v) is 10.8. The number of ether oxygens (including phenoxy) is 2. The van der Waals surface area contributed by atoms with E-state index >= 15 is 0 Å². The average molecular weight is 270 g/mol. The lowest BCUT2D eigenvalue weighted by Gasteiger charge is -2.15. The Balaban J connectivity index is 2.98. The predicted molar refractivity (Wildman–Crippen MR) is 66.3 cm³/mol. The van der Waals surface area contributed by atoms with Crippen LogP contribution in [0.25, 0.3) is 0 Å². The summed E-state index contributed by atoms with van der Waals surface area (Å²) in [6, 6.07) is 6.05. The van der Waals surface area contributed by atoms with Crippen LogP contribution in [0.3, 0.4) is 0 Å². The van der Waals surface area contributed by atoms with Gasteiger partial charge in [0.1, 0.15) is 6.04 Å². The van der Waals surface area contributed by atoms with Gasteiger partial charge in [-0.3, -0.25) is 5.32 Å². The van der Waals surface area contributed by atoms with E-state index in [0.29, 0.717) is 12.1 Å². The molecule has 0 amide bonds. The number of hydrogen-bond donors (Lipinski definition) is 1. The van der Waals surface area contributed by atoms with Crippen molar-refractivity contribution in [1.29, 1.82) is 5.26 Å². The number of benzene rings is 1. The first-order valence-corrected chi connectivity index (χ1v) is 5.88. The molecule has 0 heterocycles. The first-order valence-electron chi connectivity index (χ1n) is 5.88. The quantitative estimate of drug-likeness (QED) is 0.827. The van der Waals surface area contributed by atoms with Gasteiger partial charge in [0.25, 0.3) is 0 Å². The number of rotatable bonds is 7. The van der Waals surface area contributed by atoms with Crippen LogP contribution in [0.1, 0.15) is 24.9 Å². The largest absolute Gasteiger partial charge is 0.493 e. The Bertz CT molecular complexity index is 447. The smallest absolute Gasteiger partial charge is 0.387 e. The molecule has 0 saturated carbocycles. The first-order chi connectivity index (χ1) is 9.12. The highest BCUT2D eigenvalue weighted by molar-refractivity contribution is 5.44. The molecule has 0 aromatic heterocycles. The van der Waals surface area contributed by atoms with E-state index in [2.05, 4.69) is 16.1 Å². The number of nitrogens with one attached hydrogen (secondary N) is 1. The summed E-state index contributed by atoms with van der Waals surface area (Å²) in [6.45, 7) is -0.302. The van der Waals surface area contributed by atoms with Crippen molar-refractivity contribution in [2.75, 3.05) is 13.7 Å². The molecule has 0 radical (unpaired) electrons. The predicted octanol–water partition coefficient (Wildman–Crippen LogP) is 2.86. The van der Waals surface area contributed by atoms with E-state index in [0.717, 1.165) is 6.42 Å². The van der Waals surface area contributed by atoms with Crippen molar-refractivity contribution in [1.82, 2.24) is 5.32 Å². The molecule has 0 aliphatic heterocycles. The van der Waals surface area contributed by atoms with E-state index in [1.54, 1.807) is 6.07 Å². The van der Waals surface area contributed by atoms with Gasteiger partial charge in [0.2, 0.25) is 0 Å². The number of hydrogen-bond acceptors (Lipinski definition) is 4. The van der Waals surface area contributed by atoms with Crippen molar-refractivity contribution < 1.29 is 18.3 Å². The molecule has 0 fully saturated rings. The van der Waals surface area contributed by atoms with Crippen LogP contribution in [0.5, 0.6) is 11.5 Å². The normalized spacial score (nSPS) is 12.0. The van der Waals surface area contributed by atoms with E-state index in [9.17, 15) is 8.78 Å². The third-order valence-corrected chi connectivity index (χ3v) is 2.46. The standard InChI is InChI=1S/C13H16F2N2O2/c1-3-6-17-10(8-16)9-4-5-11(18-2)12(7-9)19-13(14)15/h4-5,7,10,13,17H,3,6H2,1-2H3. The van der Waals surface area contributed by atoms with Crippen LogP contribution < -0.4 is 14.8 Å². The summed E-state index contributed by atoms with van der Waals surface area (Å²) in [7, 11) is 1.37. The topological polar surface area (TPSA) is 54.3 Å². The molecular weight excluding hydrogens is 254 g/mol. The third kappa shape index (κ3) is 4.38. The van der Waals surface area contributed by atoms with Gasteiger partial charge < -0.3 is 9.47 Å². The Labute approximate surface area is 110 Å². The number of halogens is 2. The van der Waals surface area contributed by atoms with E-state index in [1.807, 2.05) is 6.92 Å². The molecule has 1 N–H and O–H groups in total. The fraction of sp³-hybridized carbons (Fsp3) is 0.462. The number of nitriles is 1. The monoisotopic (exact) mass is 270 g/mol. The Morgan fingerprint density at radius 2 is 2.11 bits per heavy atom. The third-order valence-electron chi connectivity index (χ3n) is 2.46. The molecule has 0 spiro atoms. The molecule has 1 atom stereocenters. The van der Waals surface area contributed by atoms with Gasteiger partial charge in [0, 0.05) is 0 Å². The lowest BCUT2D eigenvalue weighted by molar-refractivity contribution is -0.0512. The summed E-state index contributed by atoms with van der Waals surface area (Å²) < 4.78 is 33.9. The summed E-state index contributed by atoms with van der Waals surface area (Å²) in [5.41, 5.74) is 0.562. The van der Waals surface area contributed by atoms with Gasteiger partial charge in [-0.05, 0) is 30.7 Å². The highest BCUT2D eigenvalue weighted by atomic mass is 19.3. The fourth-order valence-electron chi connectivity index (χ4n) is 1.59. The molecule has 6 heteroatoms. The molecule has 1 unspecified atom stereocenters. The number of alkyl halides is 2. The van der Waals surface area contributed by atoms with E-state index in [-0.39, 0.29) is 11.5 Å². The maximum Gasteiger partial charge on any atom is 0.387 e. The molecule has 1 rings (SSSR count). The Hall–Kier alpha value is -1.87. The molecule has 4 nitrogen and oxygen atoms in total. The lowest BCUT2D eigenvalue weighted by atomic mass is 10.1. The zero-order chi connectivity index (χ0) is 14.3. The second-order valence-corrected chi connectivity index (χ2v) is 3.81. The van der Waals surface area contributed by atoms with Crippen LogP contribution in [0, 0.1) is 11.3 Å². The Morgan fingerprint density at radius 3 is 2.63 bits per heavy atom. The molecule has 0 aliphatic carbocycles. The molecule has 1 aromatic carbocycles. The van der Waals surface area contributed by atoms with Gasteiger partial charge in [0.15, 0.2) is 11.5 Å². The fourth-order valence-corrected chi connectivity index (χ4v) is 1.59. The minimum Gasteiger partial charge on any atom is -0.493 e. The van der Waals surface area contributed by atoms with Gasteiger partial charge in [-0.2, -0.15) is 14.0 Å². The summed E-state index contributed by atoms with van der Waals surface area (Å²) >= 11 is 0. The summed E-state index contributed by atoms with van der Waals surface area (Å²) in [6.07, 6.45) is 0.870. The van der Waals surface area contributed by atoms with Crippen LogP contribution in [0.4, 0.5) is 8.78 Å². The van der Waals surface area contributed by atoms with Crippen molar-refractivity contribution in [3.63, 3.8) is 0 Å². The first kappa shape index (κ1) is 15.2. The molecule has 0 aliphatic rings. The van der Waals surface area contributed by atoms with Crippen molar-refractivity contribution >= 4 is 0 Å². The minimum absolute atomic E-state index is 0.0754. The van der Waals surface area contributed by atoms with Crippen molar-refractivity contribution in [2.24, 2.45) is 0 Å². The van der Waals surface area contributed by atoms with Gasteiger partial charge in [-0.15, -0.1) is 0 Å². The molecular formula is C13H16F2N2O2. The second kappa shape index (κ2) is 7.54. The van der Waals surface area contributed by atoms with Crippen LogP contribution in [0.2, 0.25) is 0 Å². The Kier molecular flexibility index (Phi) is 6.03. The van der Waals surface area contributed by atoms with E-state index in [1.165, 1.54) is 19.2 Å². The van der Waals surface area contributed by atoms with Crippen LogP contribution in [-0.2, 0) is 0 Å². The molecule has 104 valence electrons. The second-order valence-electron chi connectivity index (χ2n) is 3.81. The average Bonchev–Trinajstić information content (AvgIpc) is 2.39. The summed E-state index contributed by atoms with van der Waals surface area (Å²) in [5.74, 6) is 0.129. The zero-order valence-electron chi connectivity index (χ0n) is 10.8. The van der Waals surface area contributed by atoms with Crippen molar-refractivity contribution in [3.8, 4) is 17.6 Å². The molecule has 1 aromatic rings. The number of nitrogens with zero attached hydrogens (tertiary/aromatic N) is 1. The van der Waals surface area contributed by atoms with E-state index in [4.69, 9.17) is 10.00 Å². The molecule has 19 heavy (non-hydrogen) atoms. The SMILES string of the molecule is CCCNC(C#N)c1ccc(OC)c(OC(F)F)c1. The highest BCUT2D eigenvalue weighted by Gasteiger charge is 2.15. The lowest BCUT2D eigenvalue weighted by Crippen LogP contribution is -2.20. The highest BCUT2D eigenvalue weighted by Crippen LogP contribution is 2.31. The summed E-state index contributed by atoms with van der Waals surface area (Å²) in [5, 5.41) is 12.1. The van der Waals surface area contributed by atoms with Crippen LogP contribution in [-0.4, -0.2) is 20.3 Å². The van der Waals surface area contributed by atoms with E-state index < -0.39 is 12.7 Å². The Morgan fingerprint density at radius 1 is 1.37 bits per heavy atom. The van der Waals surface area contributed by atoms with Crippen LogP contribution in [0.15, 0.2) is 18.2 Å². The van der Waals surface area contributed by atoms with Gasteiger partial charge >= 0.3 is 6.61 Å². The molecule has 0 saturated heterocycles.